The molecule has 1 nitrogen and oxygen atoms in total. The lowest BCUT2D eigenvalue weighted by Crippen LogP contribution is -2.21. The van der Waals surface area contributed by atoms with Crippen LogP contribution in [0.2, 0.25) is 0 Å². The zero-order valence-electron chi connectivity index (χ0n) is 9.90. The van der Waals surface area contributed by atoms with Crippen molar-refractivity contribution < 1.29 is 9.18 Å². The molecule has 0 unspecified atom stereocenters. The number of ketones is 1. The van der Waals surface area contributed by atoms with Crippen LogP contribution in [0.1, 0.15) is 28.8 Å². The van der Waals surface area contributed by atoms with Crippen molar-refractivity contribution in [2.45, 2.75) is 18.3 Å². The molecule has 1 saturated carbocycles. The fourth-order valence-electron chi connectivity index (χ4n) is 2.43. The number of rotatable bonds is 3. The summed E-state index contributed by atoms with van der Waals surface area (Å²) in [5.74, 6) is -0.517. The van der Waals surface area contributed by atoms with Crippen molar-refractivity contribution in [3.05, 3.63) is 71.5 Å². The molecule has 0 aliphatic heterocycles. The number of hydrogen-bond donors (Lipinski definition) is 0. The highest BCUT2D eigenvalue weighted by molar-refractivity contribution is 6.06. The highest BCUT2D eigenvalue weighted by atomic mass is 19.1. The molecule has 1 aliphatic carbocycles. The minimum Gasteiger partial charge on any atom is -0.293 e. The normalized spacial score (nSPS) is 16.3. The molecule has 0 atom stereocenters. The smallest absolute Gasteiger partial charge is 0.176 e. The molecular formula is C16H13FO. The van der Waals surface area contributed by atoms with E-state index >= 15 is 0 Å². The van der Waals surface area contributed by atoms with Crippen LogP contribution in [0.3, 0.4) is 0 Å². The third kappa shape index (κ3) is 1.65. The van der Waals surface area contributed by atoms with Gasteiger partial charge in [0.1, 0.15) is 5.82 Å². The summed E-state index contributed by atoms with van der Waals surface area (Å²) >= 11 is 0. The largest absolute Gasteiger partial charge is 0.293 e. The van der Waals surface area contributed by atoms with Gasteiger partial charge in [-0.05, 0) is 30.5 Å². The summed E-state index contributed by atoms with van der Waals surface area (Å²) in [6.07, 6.45) is 1.62. The Bertz CT molecular complexity index is 585. The quantitative estimate of drug-likeness (QED) is 0.747. The Morgan fingerprint density at radius 2 is 1.56 bits per heavy atom. The number of hydrogen-bond acceptors (Lipinski definition) is 1. The summed E-state index contributed by atoms with van der Waals surface area (Å²) in [5, 5.41) is 0. The summed E-state index contributed by atoms with van der Waals surface area (Å²) in [7, 11) is 0. The zero-order chi connectivity index (χ0) is 12.6. The van der Waals surface area contributed by atoms with E-state index in [9.17, 15) is 9.18 Å². The number of Topliss-reactive ketones (excluding diaryl/α,β-unsaturated/α-hetero) is 1. The second kappa shape index (κ2) is 4.05. The molecule has 1 aliphatic rings. The second-order valence-electron chi connectivity index (χ2n) is 4.76. The van der Waals surface area contributed by atoms with E-state index in [1.165, 1.54) is 6.07 Å². The predicted molar refractivity (Wildman–Crippen MR) is 68.1 cm³/mol. The third-order valence-electron chi connectivity index (χ3n) is 3.63. The Morgan fingerprint density at radius 3 is 2.17 bits per heavy atom. The van der Waals surface area contributed by atoms with Gasteiger partial charge in [-0.25, -0.2) is 4.39 Å². The van der Waals surface area contributed by atoms with Gasteiger partial charge in [-0.15, -0.1) is 0 Å². The molecule has 90 valence electrons. The van der Waals surface area contributed by atoms with Crippen LogP contribution in [0.5, 0.6) is 0 Å². The number of carbonyl (C=O) groups excluding carboxylic acids is 1. The van der Waals surface area contributed by atoms with Crippen LogP contribution in [-0.2, 0) is 5.41 Å². The molecule has 2 aromatic rings. The van der Waals surface area contributed by atoms with Gasteiger partial charge in [0, 0.05) is 0 Å². The molecule has 0 radical (unpaired) electrons. The molecule has 2 aromatic carbocycles. The zero-order valence-corrected chi connectivity index (χ0v) is 9.90. The van der Waals surface area contributed by atoms with Gasteiger partial charge >= 0.3 is 0 Å². The van der Waals surface area contributed by atoms with Gasteiger partial charge in [-0.3, -0.25) is 4.79 Å². The van der Waals surface area contributed by atoms with Crippen molar-refractivity contribution in [1.82, 2.24) is 0 Å². The van der Waals surface area contributed by atoms with Crippen molar-refractivity contribution in [3.63, 3.8) is 0 Å². The van der Waals surface area contributed by atoms with Gasteiger partial charge in [0.05, 0.1) is 11.0 Å². The number of benzene rings is 2. The topological polar surface area (TPSA) is 17.1 Å². The van der Waals surface area contributed by atoms with Crippen molar-refractivity contribution >= 4 is 5.78 Å². The highest BCUT2D eigenvalue weighted by Crippen LogP contribution is 2.50. The first-order valence-corrected chi connectivity index (χ1v) is 6.09. The minimum absolute atomic E-state index is 0.0909. The lowest BCUT2D eigenvalue weighted by molar-refractivity contribution is 0.0942. The van der Waals surface area contributed by atoms with Gasteiger partial charge < -0.3 is 0 Å². The average Bonchev–Trinajstić information content (AvgIpc) is 3.21. The summed E-state index contributed by atoms with van der Waals surface area (Å²) in [4.78, 5) is 12.5. The van der Waals surface area contributed by atoms with Crippen LogP contribution in [-0.4, -0.2) is 5.78 Å². The van der Waals surface area contributed by atoms with Crippen LogP contribution in [0.25, 0.3) is 0 Å². The van der Waals surface area contributed by atoms with Gasteiger partial charge in [-0.1, -0.05) is 42.5 Å². The second-order valence-corrected chi connectivity index (χ2v) is 4.76. The Kier molecular flexibility index (Phi) is 2.51. The number of carbonyl (C=O) groups is 1. The molecule has 0 saturated heterocycles. The van der Waals surface area contributed by atoms with Crippen LogP contribution in [0.4, 0.5) is 4.39 Å². The summed E-state index contributed by atoms with van der Waals surface area (Å²) < 4.78 is 13.7. The van der Waals surface area contributed by atoms with E-state index in [0.717, 1.165) is 18.4 Å². The molecule has 18 heavy (non-hydrogen) atoms. The van der Waals surface area contributed by atoms with E-state index in [1.807, 2.05) is 30.3 Å². The predicted octanol–water partition coefficient (Wildman–Crippen LogP) is 3.74. The van der Waals surface area contributed by atoms with E-state index in [1.54, 1.807) is 18.2 Å². The maximum Gasteiger partial charge on any atom is 0.176 e. The first-order valence-electron chi connectivity index (χ1n) is 6.09. The molecule has 0 aromatic heterocycles. The SMILES string of the molecule is O=C(c1ccccc1F)C1(c2ccccc2)CC1. The fraction of sp³-hybridized carbons (Fsp3) is 0.188. The van der Waals surface area contributed by atoms with E-state index < -0.39 is 11.2 Å². The van der Waals surface area contributed by atoms with Crippen molar-refractivity contribution in [2.24, 2.45) is 0 Å². The Labute approximate surface area is 105 Å². The van der Waals surface area contributed by atoms with Crippen molar-refractivity contribution in [2.75, 3.05) is 0 Å². The van der Waals surface area contributed by atoms with E-state index in [4.69, 9.17) is 0 Å². The lowest BCUT2D eigenvalue weighted by Gasteiger charge is -2.14. The standard InChI is InChI=1S/C16H13FO/c17-14-9-5-4-8-13(14)15(18)16(10-11-16)12-6-2-1-3-7-12/h1-9H,10-11H2. The van der Waals surface area contributed by atoms with Gasteiger partial charge in [0.25, 0.3) is 0 Å². The molecule has 0 N–H and O–H groups in total. The van der Waals surface area contributed by atoms with Gasteiger partial charge in [0.15, 0.2) is 5.78 Å². The molecule has 0 amide bonds. The van der Waals surface area contributed by atoms with Crippen molar-refractivity contribution in [1.29, 1.82) is 0 Å². The fourth-order valence-corrected chi connectivity index (χ4v) is 2.43. The maximum absolute atomic E-state index is 13.7. The molecular weight excluding hydrogens is 227 g/mol. The average molecular weight is 240 g/mol. The summed E-state index contributed by atoms with van der Waals surface area (Å²) in [5.41, 5.74) is 0.723. The lowest BCUT2D eigenvalue weighted by atomic mass is 9.87. The summed E-state index contributed by atoms with van der Waals surface area (Å²) in [6, 6.07) is 15.9. The monoisotopic (exact) mass is 240 g/mol. The van der Waals surface area contributed by atoms with E-state index in [0.29, 0.717) is 0 Å². The summed E-state index contributed by atoms with van der Waals surface area (Å²) in [6.45, 7) is 0. The molecule has 1 fully saturated rings. The highest BCUT2D eigenvalue weighted by Gasteiger charge is 2.51. The Hall–Kier alpha value is -1.96. The van der Waals surface area contributed by atoms with Crippen LogP contribution in [0.15, 0.2) is 54.6 Å². The maximum atomic E-state index is 13.7. The van der Waals surface area contributed by atoms with Crippen LogP contribution >= 0.6 is 0 Å². The number of halogens is 1. The van der Waals surface area contributed by atoms with Crippen LogP contribution in [0, 0.1) is 5.82 Å². The molecule has 2 heteroatoms. The van der Waals surface area contributed by atoms with E-state index in [2.05, 4.69) is 0 Å². The molecule has 3 rings (SSSR count). The molecule has 0 heterocycles. The van der Waals surface area contributed by atoms with Gasteiger partial charge in [-0.2, -0.15) is 0 Å². The minimum atomic E-state index is -0.483. The third-order valence-corrected chi connectivity index (χ3v) is 3.63. The Morgan fingerprint density at radius 1 is 0.944 bits per heavy atom. The van der Waals surface area contributed by atoms with Crippen molar-refractivity contribution in [3.8, 4) is 0 Å². The van der Waals surface area contributed by atoms with E-state index in [-0.39, 0.29) is 11.3 Å². The molecule has 0 spiro atoms. The first kappa shape index (κ1) is 11.1. The van der Waals surface area contributed by atoms with Crippen LogP contribution < -0.4 is 0 Å². The Balaban J connectivity index is 2.01. The first-order chi connectivity index (χ1) is 8.74. The molecule has 0 bridgehead atoms. The van der Waals surface area contributed by atoms with Gasteiger partial charge in [0.2, 0.25) is 0 Å².